The van der Waals surface area contributed by atoms with Crippen LogP contribution >= 0.6 is 0 Å². The van der Waals surface area contributed by atoms with Gasteiger partial charge in [0.1, 0.15) is 11.5 Å². The van der Waals surface area contributed by atoms with Gasteiger partial charge < -0.3 is 14.4 Å². The lowest BCUT2D eigenvalue weighted by atomic mass is 10.1. The van der Waals surface area contributed by atoms with Crippen LogP contribution in [0.4, 0.5) is 0 Å². The first kappa shape index (κ1) is 19.5. The molecule has 0 unspecified atom stereocenters. The van der Waals surface area contributed by atoms with Gasteiger partial charge in [0.25, 0.3) is 5.91 Å². The van der Waals surface area contributed by atoms with E-state index in [1.165, 1.54) is 11.4 Å². The standard InChI is InChI=1S/C17H26N2O5S/c1-5-25(21,22)19-8-6-7-18(9-10-19)17(20)14-12-15(23-3)13(2)11-16(14)24-4/h11-12H,5-10H2,1-4H3. The van der Waals surface area contributed by atoms with Crippen LogP contribution in [0.2, 0.25) is 0 Å². The average Bonchev–Trinajstić information content (AvgIpc) is 2.87. The molecule has 2 rings (SSSR count). The maximum Gasteiger partial charge on any atom is 0.257 e. The van der Waals surface area contributed by atoms with E-state index in [0.29, 0.717) is 49.7 Å². The van der Waals surface area contributed by atoms with Crippen molar-refractivity contribution in [3.8, 4) is 11.5 Å². The third-order valence-corrected chi connectivity index (χ3v) is 6.33. The SMILES string of the molecule is CCS(=O)(=O)N1CCCN(C(=O)c2cc(OC)c(C)cc2OC)CC1. The molecule has 140 valence electrons. The molecule has 1 aliphatic rings. The summed E-state index contributed by atoms with van der Waals surface area (Å²) in [4.78, 5) is 14.6. The second-order valence-electron chi connectivity index (χ2n) is 5.97. The molecule has 0 aliphatic carbocycles. The predicted molar refractivity (Wildman–Crippen MR) is 95.8 cm³/mol. The van der Waals surface area contributed by atoms with Crippen LogP contribution in [0.25, 0.3) is 0 Å². The maximum absolute atomic E-state index is 13.0. The van der Waals surface area contributed by atoms with E-state index in [0.717, 1.165) is 5.56 Å². The molecular formula is C17H26N2O5S. The quantitative estimate of drug-likeness (QED) is 0.785. The Morgan fingerprint density at radius 2 is 1.76 bits per heavy atom. The number of carbonyl (C=O) groups is 1. The summed E-state index contributed by atoms with van der Waals surface area (Å²) in [6.45, 7) is 5.13. The van der Waals surface area contributed by atoms with Gasteiger partial charge in [0.15, 0.2) is 0 Å². The molecule has 0 N–H and O–H groups in total. The van der Waals surface area contributed by atoms with Crippen molar-refractivity contribution < 1.29 is 22.7 Å². The van der Waals surface area contributed by atoms with E-state index in [4.69, 9.17) is 9.47 Å². The summed E-state index contributed by atoms with van der Waals surface area (Å²) in [6, 6.07) is 3.46. The van der Waals surface area contributed by atoms with Gasteiger partial charge in [0, 0.05) is 26.2 Å². The summed E-state index contributed by atoms with van der Waals surface area (Å²) in [5, 5.41) is 0. The minimum Gasteiger partial charge on any atom is -0.496 e. The Balaban J connectivity index is 2.24. The number of benzene rings is 1. The molecule has 0 spiro atoms. The minimum absolute atomic E-state index is 0.0733. The molecule has 0 radical (unpaired) electrons. The largest absolute Gasteiger partial charge is 0.496 e. The molecule has 8 heteroatoms. The van der Waals surface area contributed by atoms with Crippen LogP contribution < -0.4 is 9.47 Å². The van der Waals surface area contributed by atoms with Gasteiger partial charge in [-0.1, -0.05) is 0 Å². The third-order valence-electron chi connectivity index (χ3n) is 4.45. The van der Waals surface area contributed by atoms with Gasteiger partial charge in [0.05, 0.1) is 25.5 Å². The number of aryl methyl sites for hydroxylation is 1. The molecule has 25 heavy (non-hydrogen) atoms. The molecule has 0 atom stereocenters. The minimum atomic E-state index is -3.24. The van der Waals surface area contributed by atoms with Crippen molar-refractivity contribution in [3.63, 3.8) is 0 Å². The Labute approximate surface area is 149 Å². The first-order valence-electron chi connectivity index (χ1n) is 8.33. The predicted octanol–water partition coefficient (Wildman–Crippen LogP) is 1.51. The Morgan fingerprint density at radius 3 is 2.36 bits per heavy atom. The van der Waals surface area contributed by atoms with Crippen LogP contribution in [0.3, 0.4) is 0 Å². The number of hydrogen-bond acceptors (Lipinski definition) is 5. The van der Waals surface area contributed by atoms with E-state index in [1.54, 1.807) is 31.1 Å². The van der Waals surface area contributed by atoms with Crippen LogP contribution in [0.15, 0.2) is 12.1 Å². The first-order chi connectivity index (χ1) is 11.8. The first-order valence-corrected chi connectivity index (χ1v) is 9.94. The molecule has 0 saturated carbocycles. The molecule has 1 heterocycles. The number of methoxy groups -OCH3 is 2. The molecule has 7 nitrogen and oxygen atoms in total. The Morgan fingerprint density at radius 1 is 1.08 bits per heavy atom. The summed E-state index contributed by atoms with van der Waals surface area (Å²) in [5.41, 5.74) is 1.31. The third kappa shape index (κ3) is 4.24. The summed E-state index contributed by atoms with van der Waals surface area (Å²) < 4.78 is 36.2. The van der Waals surface area contributed by atoms with Gasteiger partial charge in [0.2, 0.25) is 10.0 Å². The fourth-order valence-electron chi connectivity index (χ4n) is 2.95. The molecule has 1 aliphatic heterocycles. The van der Waals surface area contributed by atoms with Gasteiger partial charge in [-0.05, 0) is 38.0 Å². The van der Waals surface area contributed by atoms with E-state index < -0.39 is 10.0 Å². The highest BCUT2D eigenvalue weighted by Crippen LogP contribution is 2.29. The van der Waals surface area contributed by atoms with Gasteiger partial charge in [-0.2, -0.15) is 0 Å². The van der Waals surface area contributed by atoms with Crippen LogP contribution in [-0.4, -0.2) is 69.7 Å². The average molecular weight is 370 g/mol. The maximum atomic E-state index is 13.0. The van der Waals surface area contributed by atoms with Crippen molar-refractivity contribution in [1.82, 2.24) is 9.21 Å². The molecule has 1 amide bonds. The van der Waals surface area contributed by atoms with Crippen molar-refractivity contribution in [2.24, 2.45) is 0 Å². The zero-order valence-corrected chi connectivity index (χ0v) is 16.1. The van der Waals surface area contributed by atoms with Crippen molar-refractivity contribution in [2.75, 3.05) is 46.2 Å². The monoisotopic (exact) mass is 370 g/mol. The number of ether oxygens (including phenoxy) is 2. The number of rotatable bonds is 5. The zero-order valence-electron chi connectivity index (χ0n) is 15.2. The van der Waals surface area contributed by atoms with Crippen LogP contribution in [-0.2, 0) is 10.0 Å². The fourth-order valence-corrected chi connectivity index (χ4v) is 4.08. The van der Waals surface area contributed by atoms with Gasteiger partial charge in [-0.3, -0.25) is 4.79 Å². The number of hydrogen-bond donors (Lipinski definition) is 0. The van der Waals surface area contributed by atoms with Gasteiger partial charge >= 0.3 is 0 Å². The number of carbonyl (C=O) groups excluding carboxylic acids is 1. The second-order valence-corrected chi connectivity index (χ2v) is 8.23. The van der Waals surface area contributed by atoms with Crippen molar-refractivity contribution >= 4 is 15.9 Å². The topological polar surface area (TPSA) is 76.2 Å². The van der Waals surface area contributed by atoms with Gasteiger partial charge in [-0.25, -0.2) is 12.7 Å². The smallest absolute Gasteiger partial charge is 0.257 e. The highest BCUT2D eigenvalue weighted by molar-refractivity contribution is 7.89. The summed E-state index contributed by atoms with van der Waals surface area (Å²) in [6.07, 6.45) is 0.607. The highest BCUT2D eigenvalue weighted by Gasteiger charge is 2.27. The summed E-state index contributed by atoms with van der Waals surface area (Å²) in [5.74, 6) is 1.01. The molecule has 1 saturated heterocycles. The fraction of sp³-hybridized carbons (Fsp3) is 0.588. The Hall–Kier alpha value is -1.80. The molecule has 0 bridgehead atoms. The molecule has 1 aromatic rings. The molecular weight excluding hydrogens is 344 g/mol. The van der Waals surface area contributed by atoms with Crippen LogP contribution in [0.1, 0.15) is 29.3 Å². The van der Waals surface area contributed by atoms with Crippen LogP contribution in [0.5, 0.6) is 11.5 Å². The second kappa shape index (κ2) is 8.05. The van der Waals surface area contributed by atoms with Crippen molar-refractivity contribution in [3.05, 3.63) is 23.3 Å². The van der Waals surface area contributed by atoms with E-state index in [-0.39, 0.29) is 11.7 Å². The number of amides is 1. The Kier molecular flexibility index (Phi) is 6.29. The lowest BCUT2D eigenvalue weighted by Crippen LogP contribution is -2.38. The van der Waals surface area contributed by atoms with E-state index in [9.17, 15) is 13.2 Å². The van der Waals surface area contributed by atoms with Crippen LogP contribution in [0, 0.1) is 6.92 Å². The van der Waals surface area contributed by atoms with Crippen molar-refractivity contribution in [2.45, 2.75) is 20.3 Å². The van der Waals surface area contributed by atoms with E-state index >= 15 is 0 Å². The molecule has 1 fully saturated rings. The Bertz CT molecular complexity index is 733. The summed E-state index contributed by atoms with van der Waals surface area (Å²) in [7, 11) is -0.155. The normalized spacial score (nSPS) is 16.4. The molecule has 1 aromatic carbocycles. The van der Waals surface area contributed by atoms with Crippen molar-refractivity contribution in [1.29, 1.82) is 0 Å². The van der Waals surface area contributed by atoms with E-state index in [2.05, 4.69) is 0 Å². The zero-order chi connectivity index (χ0) is 18.6. The van der Waals surface area contributed by atoms with E-state index in [1.807, 2.05) is 6.92 Å². The lowest BCUT2D eigenvalue weighted by Gasteiger charge is -2.23. The highest BCUT2D eigenvalue weighted by atomic mass is 32.2. The molecule has 0 aromatic heterocycles. The number of nitrogens with zero attached hydrogens (tertiary/aromatic N) is 2. The lowest BCUT2D eigenvalue weighted by molar-refractivity contribution is 0.0760. The summed E-state index contributed by atoms with van der Waals surface area (Å²) >= 11 is 0. The number of sulfonamides is 1. The van der Waals surface area contributed by atoms with Gasteiger partial charge in [-0.15, -0.1) is 0 Å².